The van der Waals surface area contributed by atoms with Gasteiger partial charge in [-0.3, -0.25) is 4.79 Å². The van der Waals surface area contributed by atoms with Crippen LogP contribution in [0.5, 0.6) is 11.5 Å². The number of aromatic nitrogens is 2. The Labute approximate surface area is 169 Å². The molecule has 150 valence electrons. The number of nitriles is 1. The molecule has 7 heteroatoms. The first-order chi connectivity index (χ1) is 14.0. The summed E-state index contributed by atoms with van der Waals surface area (Å²) in [5.74, 6) is 1.47. The van der Waals surface area contributed by atoms with Gasteiger partial charge in [-0.1, -0.05) is 32.4 Å². The van der Waals surface area contributed by atoms with Crippen molar-refractivity contribution < 1.29 is 14.3 Å². The van der Waals surface area contributed by atoms with Gasteiger partial charge < -0.3 is 19.8 Å². The van der Waals surface area contributed by atoms with Gasteiger partial charge >= 0.3 is 0 Å². The number of carbonyl (C=O) groups is 1. The van der Waals surface area contributed by atoms with Crippen LogP contribution in [0.25, 0.3) is 11.0 Å². The molecule has 3 rings (SSSR count). The lowest BCUT2D eigenvalue weighted by atomic mass is 9.98. The molecule has 2 N–H and O–H groups in total. The number of methoxy groups -OCH3 is 1. The molecule has 1 heterocycles. The van der Waals surface area contributed by atoms with Crippen LogP contribution >= 0.6 is 0 Å². The normalized spacial score (nSPS) is 12.8. The number of aromatic amines is 1. The van der Waals surface area contributed by atoms with E-state index in [-0.39, 0.29) is 24.5 Å². The number of fused-ring (bicyclic) bond motifs is 1. The van der Waals surface area contributed by atoms with E-state index in [0.29, 0.717) is 17.1 Å². The zero-order valence-electron chi connectivity index (χ0n) is 16.7. The van der Waals surface area contributed by atoms with Crippen LogP contribution in [0.15, 0.2) is 42.5 Å². The number of amides is 1. The predicted molar refractivity (Wildman–Crippen MR) is 110 cm³/mol. The third-order valence-electron chi connectivity index (χ3n) is 4.88. The number of benzene rings is 2. The molecule has 2 aromatic carbocycles. The van der Waals surface area contributed by atoms with Crippen molar-refractivity contribution in [3.63, 3.8) is 0 Å². The van der Waals surface area contributed by atoms with E-state index in [9.17, 15) is 4.79 Å². The van der Waals surface area contributed by atoms with E-state index in [1.54, 1.807) is 18.2 Å². The molecule has 0 bridgehead atoms. The minimum atomic E-state index is -0.262. The van der Waals surface area contributed by atoms with Crippen LogP contribution in [0, 0.1) is 17.2 Å². The fourth-order valence-corrected chi connectivity index (χ4v) is 3.05. The van der Waals surface area contributed by atoms with Crippen LogP contribution in [0.3, 0.4) is 0 Å². The van der Waals surface area contributed by atoms with Crippen molar-refractivity contribution in [2.45, 2.75) is 26.3 Å². The Hall–Kier alpha value is -3.53. The molecule has 2 unspecified atom stereocenters. The fraction of sp³-hybridized carbons (Fsp3) is 0.318. The first-order valence-corrected chi connectivity index (χ1v) is 9.50. The first kappa shape index (κ1) is 20.2. The Bertz CT molecular complexity index is 1000. The molecule has 0 fully saturated rings. The molecule has 0 spiro atoms. The summed E-state index contributed by atoms with van der Waals surface area (Å²) in [6.07, 6.45) is 0.881. The van der Waals surface area contributed by atoms with Crippen LogP contribution in [-0.4, -0.2) is 29.6 Å². The van der Waals surface area contributed by atoms with E-state index >= 15 is 0 Å². The van der Waals surface area contributed by atoms with Gasteiger partial charge in [0.15, 0.2) is 18.1 Å². The first-order valence-electron chi connectivity index (χ1n) is 9.50. The monoisotopic (exact) mass is 392 g/mol. The summed E-state index contributed by atoms with van der Waals surface area (Å²) in [7, 11) is 1.49. The van der Waals surface area contributed by atoms with Crippen LogP contribution < -0.4 is 14.8 Å². The van der Waals surface area contributed by atoms with Crippen molar-refractivity contribution in [2.75, 3.05) is 13.7 Å². The number of nitrogens with one attached hydrogen (secondary N) is 2. The van der Waals surface area contributed by atoms with Gasteiger partial charge in [-0.15, -0.1) is 0 Å². The maximum atomic E-state index is 12.6. The summed E-state index contributed by atoms with van der Waals surface area (Å²) in [5, 5.41) is 12.0. The Balaban J connectivity index is 1.72. The van der Waals surface area contributed by atoms with Gasteiger partial charge in [0, 0.05) is 6.07 Å². The Morgan fingerprint density at radius 2 is 2.07 bits per heavy atom. The third kappa shape index (κ3) is 4.66. The van der Waals surface area contributed by atoms with E-state index in [0.717, 1.165) is 23.3 Å². The second kappa shape index (κ2) is 9.11. The molecule has 2 atom stereocenters. The molecule has 1 aromatic heterocycles. The molecule has 0 aliphatic carbocycles. The van der Waals surface area contributed by atoms with Gasteiger partial charge in [-0.25, -0.2) is 4.98 Å². The number of H-pyrrole nitrogens is 1. The number of carbonyl (C=O) groups excluding carboxylic acids is 1. The smallest absolute Gasteiger partial charge is 0.258 e. The molecule has 0 saturated carbocycles. The van der Waals surface area contributed by atoms with E-state index in [1.165, 1.54) is 7.11 Å². The summed E-state index contributed by atoms with van der Waals surface area (Å²) in [4.78, 5) is 20.5. The second-order valence-corrected chi connectivity index (χ2v) is 6.84. The highest BCUT2D eigenvalue weighted by Crippen LogP contribution is 2.28. The minimum absolute atomic E-state index is 0.171. The quantitative estimate of drug-likeness (QED) is 0.608. The highest BCUT2D eigenvalue weighted by molar-refractivity contribution is 5.79. The zero-order valence-corrected chi connectivity index (χ0v) is 16.7. The predicted octanol–water partition coefficient (Wildman–Crippen LogP) is 3.73. The van der Waals surface area contributed by atoms with Gasteiger partial charge in [0.25, 0.3) is 5.91 Å². The lowest BCUT2D eigenvalue weighted by Gasteiger charge is -2.22. The molecule has 0 aliphatic heterocycles. The van der Waals surface area contributed by atoms with Crippen LogP contribution in [0.1, 0.15) is 37.7 Å². The van der Waals surface area contributed by atoms with Crippen LogP contribution in [0.4, 0.5) is 0 Å². The standard InChI is InChI=1S/C22H24N4O3/c1-4-14(2)21(22-24-16-7-5-6-8-17(16)25-22)26-20(27)13-29-18-10-9-15(12-23)11-19(18)28-3/h5-11,14,21H,4,13H2,1-3H3,(H,24,25)(H,26,27). The molecule has 3 aromatic rings. The summed E-state index contributed by atoms with van der Waals surface area (Å²) >= 11 is 0. The highest BCUT2D eigenvalue weighted by Gasteiger charge is 2.24. The molecule has 0 aliphatic rings. The number of hydrogen-bond donors (Lipinski definition) is 2. The Morgan fingerprint density at radius 3 is 2.76 bits per heavy atom. The number of nitrogens with zero attached hydrogens (tertiary/aromatic N) is 2. The van der Waals surface area contributed by atoms with Crippen molar-refractivity contribution in [1.29, 1.82) is 5.26 Å². The van der Waals surface area contributed by atoms with Gasteiger partial charge in [0.1, 0.15) is 5.82 Å². The number of hydrogen-bond acceptors (Lipinski definition) is 5. The number of ether oxygens (including phenoxy) is 2. The van der Waals surface area contributed by atoms with Gasteiger partial charge in [0.05, 0.1) is 35.8 Å². The van der Waals surface area contributed by atoms with Crippen molar-refractivity contribution in [1.82, 2.24) is 15.3 Å². The molecule has 1 amide bonds. The summed E-state index contributed by atoms with van der Waals surface area (Å²) in [6, 6.07) is 14.4. The van der Waals surface area contributed by atoms with Crippen molar-refractivity contribution in [3.05, 3.63) is 53.9 Å². The minimum Gasteiger partial charge on any atom is -0.493 e. The van der Waals surface area contributed by atoms with Gasteiger partial charge in [0.2, 0.25) is 0 Å². The average molecular weight is 392 g/mol. The SMILES string of the molecule is CCC(C)C(NC(=O)COc1ccc(C#N)cc1OC)c1nc2ccccc2[nH]1. The van der Waals surface area contributed by atoms with Crippen LogP contribution in [-0.2, 0) is 4.79 Å². The molecular weight excluding hydrogens is 368 g/mol. The molecule has 29 heavy (non-hydrogen) atoms. The second-order valence-electron chi connectivity index (χ2n) is 6.84. The van der Waals surface area contributed by atoms with Gasteiger partial charge in [-0.2, -0.15) is 5.26 Å². The number of para-hydroxylation sites is 2. The summed E-state index contributed by atoms with van der Waals surface area (Å²) < 4.78 is 10.9. The summed E-state index contributed by atoms with van der Waals surface area (Å²) in [6.45, 7) is 3.97. The number of imidazole rings is 1. The molecular formula is C22H24N4O3. The maximum absolute atomic E-state index is 12.6. The number of rotatable bonds is 8. The molecule has 0 saturated heterocycles. The van der Waals surface area contributed by atoms with Gasteiger partial charge in [-0.05, 0) is 30.2 Å². The van der Waals surface area contributed by atoms with E-state index in [2.05, 4.69) is 29.1 Å². The zero-order chi connectivity index (χ0) is 20.8. The van der Waals surface area contributed by atoms with E-state index < -0.39 is 0 Å². The summed E-state index contributed by atoms with van der Waals surface area (Å²) in [5.41, 5.74) is 2.26. The van der Waals surface area contributed by atoms with Crippen molar-refractivity contribution in [3.8, 4) is 17.6 Å². The highest BCUT2D eigenvalue weighted by atomic mass is 16.5. The Kier molecular flexibility index (Phi) is 6.35. The molecule has 0 radical (unpaired) electrons. The van der Waals surface area contributed by atoms with Crippen molar-refractivity contribution >= 4 is 16.9 Å². The maximum Gasteiger partial charge on any atom is 0.258 e. The lowest BCUT2D eigenvalue weighted by Crippen LogP contribution is -2.36. The fourth-order valence-electron chi connectivity index (χ4n) is 3.05. The van der Waals surface area contributed by atoms with E-state index in [4.69, 9.17) is 14.7 Å². The topological polar surface area (TPSA) is 100 Å². The van der Waals surface area contributed by atoms with Crippen LogP contribution in [0.2, 0.25) is 0 Å². The lowest BCUT2D eigenvalue weighted by molar-refractivity contribution is -0.124. The average Bonchev–Trinajstić information content (AvgIpc) is 3.19. The third-order valence-corrected chi connectivity index (χ3v) is 4.88. The van der Waals surface area contributed by atoms with Crippen molar-refractivity contribution in [2.24, 2.45) is 5.92 Å². The Morgan fingerprint density at radius 1 is 1.28 bits per heavy atom. The largest absolute Gasteiger partial charge is 0.493 e. The van der Waals surface area contributed by atoms with E-state index in [1.807, 2.05) is 30.3 Å². The molecule has 7 nitrogen and oxygen atoms in total.